The lowest BCUT2D eigenvalue weighted by atomic mass is 9.88. The Morgan fingerprint density at radius 1 is 1.56 bits per heavy atom. The summed E-state index contributed by atoms with van der Waals surface area (Å²) in [6.07, 6.45) is 1.24. The van der Waals surface area contributed by atoms with Crippen molar-refractivity contribution in [3.63, 3.8) is 0 Å². The van der Waals surface area contributed by atoms with Crippen LogP contribution in [0.2, 0.25) is 0 Å². The second-order valence-electron chi connectivity index (χ2n) is 4.90. The van der Waals surface area contributed by atoms with Gasteiger partial charge in [-0.05, 0) is 12.1 Å². The Morgan fingerprint density at radius 3 is 2.94 bits per heavy atom. The van der Waals surface area contributed by atoms with Crippen molar-refractivity contribution in [1.29, 1.82) is 0 Å². The van der Waals surface area contributed by atoms with E-state index in [9.17, 15) is 4.39 Å². The predicted molar refractivity (Wildman–Crippen MR) is 59.4 cm³/mol. The van der Waals surface area contributed by atoms with E-state index in [1.165, 1.54) is 12.3 Å². The average molecular weight is 224 g/mol. The molecule has 0 spiro atoms. The highest BCUT2D eigenvalue weighted by molar-refractivity contribution is 5.05. The maximum atomic E-state index is 12.6. The summed E-state index contributed by atoms with van der Waals surface area (Å²) >= 11 is 0. The molecule has 0 aromatic carbocycles. The SMILES string of the molecule is CC1(C)COC[C@@H]1NCc1ccc(F)cn1. The number of aromatic nitrogens is 1. The minimum atomic E-state index is -0.298. The van der Waals surface area contributed by atoms with Crippen molar-refractivity contribution in [2.45, 2.75) is 26.4 Å². The van der Waals surface area contributed by atoms with E-state index in [0.717, 1.165) is 18.9 Å². The first-order valence-corrected chi connectivity index (χ1v) is 5.49. The van der Waals surface area contributed by atoms with Gasteiger partial charge in [0.05, 0.1) is 25.1 Å². The molecule has 1 fully saturated rings. The Labute approximate surface area is 95.0 Å². The zero-order valence-electron chi connectivity index (χ0n) is 9.66. The highest BCUT2D eigenvalue weighted by atomic mass is 19.1. The molecule has 1 N–H and O–H groups in total. The Hall–Kier alpha value is -1.00. The van der Waals surface area contributed by atoms with Crippen LogP contribution in [0.4, 0.5) is 4.39 Å². The predicted octanol–water partition coefficient (Wildman–Crippen LogP) is 1.74. The molecule has 88 valence electrons. The second-order valence-corrected chi connectivity index (χ2v) is 4.90. The van der Waals surface area contributed by atoms with Crippen LogP contribution in [0, 0.1) is 11.2 Å². The molecule has 1 aromatic heterocycles. The fraction of sp³-hybridized carbons (Fsp3) is 0.583. The molecular formula is C12H17FN2O. The van der Waals surface area contributed by atoms with Gasteiger partial charge in [0.25, 0.3) is 0 Å². The van der Waals surface area contributed by atoms with E-state index in [1.54, 1.807) is 6.07 Å². The largest absolute Gasteiger partial charge is 0.379 e. The van der Waals surface area contributed by atoms with Crippen LogP contribution in [0.15, 0.2) is 18.3 Å². The molecule has 1 aromatic rings. The van der Waals surface area contributed by atoms with Crippen molar-refractivity contribution >= 4 is 0 Å². The lowest BCUT2D eigenvalue weighted by Gasteiger charge is -2.25. The molecule has 0 amide bonds. The van der Waals surface area contributed by atoms with Crippen LogP contribution in [0.25, 0.3) is 0 Å². The van der Waals surface area contributed by atoms with Crippen LogP contribution < -0.4 is 5.32 Å². The standard InChI is InChI=1S/C12H17FN2O/c1-12(2)8-16-7-11(12)15-6-10-4-3-9(13)5-14-10/h3-5,11,15H,6-8H2,1-2H3/t11-/m0/s1. The van der Waals surface area contributed by atoms with Gasteiger partial charge in [-0.3, -0.25) is 4.98 Å². The first-order chi connectivity index (χ1) is 7.58. The lowest BCUT2D eigenvalue weighted by Crippen LogP contribution is -2.40. The minimum absolute atomic E-state index is 0.153. The molecule has 0 unspecified atom stereocenters. The molecule has 4 heteroatoms. The number of rotatable bonds is 3. The van der Waals surface area contributed by atoms with Crippen LogP contribution in [-0.2, 0) is 11.3 Å². The third-order valence-corrected chi connectivity index (χ3v) is 3.02. The summed E-state index contributed by atoms with van der Waals surface area (Å²) in [5.41, 5.74) is 1.00. The van der Waals surface area contributed by atoms with Gasteiger partial charge in [0.2, 0.25) is 0 Å². The van der Waals surface area contributed by atoms with Crippen molar-refractivity contribution in [3.8, 4) is 0 Å². The van der Waals surface area contributed by atoms with E-state index >= 15 is 0 Å². The molecule has 0 bridgehead atoms. The zero-order valence-corrected chi connectivity index (χ0v) is 9.66. The van der Waals surface area contributed by atoms with Gasteiger partial charge in [-0.25, -0.2) is 4.39 Å². The van der Waals surface area contributed by atoms with Gasteiger partial charge in [-0.15, -0.1) is 0 Å². The van der Waals surface area contributed by atoms with Crippen molar-refractivity contribution < 1.29 is 9.13 Å². The Bertz CT molecular complexity index is 351. The summed E-state index contributed by atoms with van der Waals surface area (Å²) < 4.78 is 18.1. The molecule has 0 aliphatic carbocycles. The Morgan fingerprint density at radius 2 is 2.38 bits per heavy atom. The molecule has 1 aliphatic heterocycles. The smallest absolute Gasteiger partial charge is 0.141 e. The Balaban J connectivity index is 1.90. The molecule has 0 saturated carbocycles. The van der Waals surface area contributed by atoms with Gasteiger partial charge in [0.1, 0.15) is 5.82 Å². The average Bonchev–Trinajstić information content (AvgIpc) is 2.57. The van der Waals surface area contributed by atoms with Crippen LogP contribution in [0.5, 0.6) is 0 Å². The van der Waals surface area contributed by atoms with Crippen molar-refractivity contribution in [2.75, 3.05) is 13.2 Å². The topological polar surface area (TPSA) is 34.1 Å². The lowest BCUT2D eigenvalue weighted by molar-refractivity contribution is 0.166. The summed E-state index contributed by atoms with van der Waals surface area (Å²) in [5, 5.41) is 3.40. The van der Waals surface area contributed by atoms with Gasteiger partial charge in [-0.2, -0.15) is 0 Å². The molecule has 1 atom stereocenters. The van der Waals surface area contributed by atoms with Crippen molar-refractivity contribution in [1.82, 2.24) is 10.3 Å². The van der Waals surface area contributed by atoms with Gasteiger partial charge in [0, 0.05) is 18.0 Å². The monoisotopic (exact) mass is 224 g/mol. The molecule has 2 rings (SSSR count). The molecule has 1 aliphatic rings. The summed E-state index contributed by atoms with van der Waals surface area (Å²) in [7, 11) is 0. The molecule has 3 nitrogen and oxygen atoms in total. The van der Waals surface area contributed by atoms with E-state index in [4.69, 9.17) is 4.74 Å². The van der Waals surface area contributed by atoms with Gasteiger partial charge >= 0.3 is 0 Å². The second kappa shape index (κ2) is 4.47. The van der Waals surface area contributed by atoms with Crippen LogP contribution in [-0.4, -0.2) is 24.2 Å². The van der Waals surface area contributed by atoms with E-state index < -0.39 is 0 Å². The zero-order chi connectivity index (χ0) is 11.6. The minimum Gasteiger partial charge on any atom is -0.379 e. The van der Waals surface area contributed by atoms with Crippen LogP contribution in [0.3, 0.4) is 0 Å². The first-order valence-electron chi connectivity index (χ1n) is 5.49. The van der Waals surface area contributed by atoms with Gasteiger partial charge in [-0.1, -0.05) is 13.8 Å². The number of nitrogens with zero attached hydrogens (tertiary/aromatic N) is 1. The van der Waals surface area contributed by atoms with E-state index in [2.05, 4.69) is 24.1 Å². The van der Waals surface area contributed by atoms with E-state index in [0.29, 0.717) is 12.6 Å². The molecule has 2 heterocycles. The Kier molecular flexibility index (Phi) is 3.21. The van der Waals surface area contributed by atoms with Crippen molar-refractivity contribution in [3.05, 3.63) is 29.8 Å². The highest BCUT2D eigenvalue weighted by Crippen LogP contribution is 2.27. The van der Waals surface area contributed by atoms with E-state index in [-0.39, 0.29) is 11.2 Å². The van der Waals surface area contributed by atoms with Crippen molar-refractivity contribution in [2.24, 2.45) is 5.41 Å². The summed E-state index contributed by atoms with van der Waals surface area (Å²) in [6.45, 7) is 6.51. The first kappa shape index (κ1) is 11.5. The van der Waals surface area contributed by atoms with Crippen LogP contribution >= 0.6 is 0 Å². The third-order valence-electron chi connectivity index (χ3n) is 3.02. The maximum absolute atomic E-state index is 12.6. The molecule has 1 saturated heterocycles. The van der Waals surface area contributed by atoms with Crippen LogP contribution in [0.1, 0.15) is 19.5 Å². The summed E-state index contributed by atoms with van der Waals surface area (Å²) in [4.78, 5) is 4.01. The number of hydrogen-bond donors (Lipinski definition) is 1. The number of hydrogen-bond acceptors (Lipinski definition) is 3. The summed E-state index contributed by atoms with van der Waals surface area (Å²) in [6, 6.07) is 3.46. The number of ether oxygens (including phenoxy) is 1. The number of nitrogens with one attached hydrogen (secondary N) is 1. The fourth-order valence-electron chi connectivity index (χ4n) is 1.84. The summed E-state index contributed by atoms with van der Waals surface area (Å²) in [5.74, 6) is -0.298. The molecular weight excluding hydrogens is 207 g/mol. The highest BCUT2D eigenvalue weighted by Gasteiger charge is 2.35. The van der Waals surface area contributed by atoms with Gasteiger partial charge < -0.3 is 10.1 Å². The fourth-order valence-corrected chi connectivity index (χ4v) is 1.84. The van der Waals surface area contributed by atoms with Gasteiger partial charge in [0.15, 0.2) is 0 Å². The molecule has 16 heavy (non-hydrogen) atoms. The third kappa shape index (κ3) is 2.57. The van der Waals surface area contributed by atoms with E-state index in [1.807, 2.05) is 0 Å². The molecule has 0 radical (unpaired) electrons. The maximum Gasteiger partial charge on any atom is 0.141 e. The number of pyridine rings is 1. The normalized spacial score (nSPS) is 23.6. The quantitative estimate of drug-likeness (QED) is 0.849. The number of halogens is 1.